The van der Waals surface area contributed by atoms with Gasteiger partial charge in [-0.1, -0.05) is 0 Å². The van der Waals surface area contributed by atoms with Gasteiger partial charge in [-0.25, -0.2) is 13.2 Å². The van der Waals surface area contributed by atoms with E-state index in [9.17, 15) is 13.2 Å². The Labute approximate surface area is 92.7 Å². The Morgan fingerprint density at radius 1 is 1.06 bits per heavy atom. The number of nitrogens with one attached hydrogen (secondary N) is 1. The molecular weight excluding hydrogens is 215 g/mol. The van der Waals surface area contributed by atoms with E-state index in [1.54, 1.807) is 0 Å². The van der Waals surface area contributed by atoms with Crippen LogP contribution in [0.2, 0.25) is 0 Å². The molecule has 1 heterocycles. The lowest BCUT2D eigenvalue weighted by Gasteiger charge is -2.30. The molecule has 0 bridgehead atoms. The van der Waals surface area contributed by atoms with Gasteiger partial charge in [-0.05, 0) is 43.6 Å². The molecule has 0 aliphatic carbocycles. The first-order chi connectivity index (χ1) is 7.57. The minimum atomic E-state index is -1.33. The van der Waals surface area contributed by atoms with Crippen molar-refractivity contribution in [3.05, 3.63) is 35.4 Å². The van der Waals surface area contributed by atoms with Gasteiger partial charge in [-0.3, -0.25) is 0 Å². The Morgan fingerprint density at radius 3 is 2.19 bits per heavy atom. The third-order valence-electron chi connectivity index (χ3n) is 2.94. The topological polar surface area (TPSA) is 12.0 Å². The molecule has 1 aliphatic rings. The summed E-state index contributed by atoms with van der Waals surface area (Å²) in [5, 5.41) is 3.06. The maximum absolute atomic E-state index is 14.2. The van der Waals surface area contributed by atoms with Gasteiger partial charge in [0.1, 0.15) is 17.3 Å². The lowest BCUT2D eigenvalue weighted by molar-refractivity contribution is 0.116. The quantitative estimate of drug-likeness (QED) is 0.822. The molecule has 4 heteroatoms. The number of benzene rings is 1. The van der Waals surface area contributed by atoms with Crippen LogP contribution in [-0.2, 0) is 6.42 Å². The van der Waals surface area contributed by atoms with Crippen LogP contribution in [0.25, 0.3) is 0 Å². The Bertz CT molecular complexity index is 352. The number of hydrogen-bond donors (Lipinski definition) is 1. The molecule has 0 saturated carbocycles. The smallest absolute Gasteiger partial charge is 0.126 e. The molecular formula is C12H14F3N. The first-order valence-electron chi connectivity index (χ1n) is 5.42. The minimum absolute atomic E-state index is 0.0867. The lowest BCUT2D eigenvalue weighted by atomic mass is 9.88. The highest BCUT2D eigenvalue weighted by molar-refractivity contribution is 5.20. The number of rotatable bonds is 2. The molecule has 0 atom stereocenters. The van der Waals surface area contributed by atoms with E-state index in [4.69, 9.17) is 0 Å². The fourth-order valence-corrected chi connectivity index (χ4v) is 2.13. The second kappa shape index (κ2) is 4.45. The third kappa shape index (κ3) is 2.76. The number of halogens is 3. The number of hydrogen-bond acceptors (Lipinski definition) is 1. The molecule has 16 heavy (non-hydrogen) atoms. The molecule has 0 spiro atoms. The molecule has 0 amide bonds. The Morgan fingerprint density at radius 2 is 1.62 bits per heavy atom. The van der Waals surface area contributed by atoms with Gasteiger partial charge in [0, 0.05) is 12.5 Å². The van der Waals surface area contributed by atoms with Crippen molar-refractivity contribution in [2.45, 2.75) is 24.9 Å². The fourth-order valence-electron chi connectivity index (χ4n) is 2.13. The third-order valence-corrected chi connectivity index (χ3v) is 2.94. The van der Waals surface area contributed by atoms with Crippen molar-refractivity contribution < 1.29 is 13.2 Å². The molecule has 2 rings (SSSR count). The summed E-state index contributed by atoms with van der Waals surface area (Å²) < 4.78 is 40.1. The van der Waals surface area contributed by atoms with E-state index in [-0.39, 0.29) is 6.42 Å². The predicted molar refractivity (Wildman–Crippen MR) is 56.0 cm³/mol. The maximum atomic E-state index is 14.2. The molecule has 1 aromatic rings. The van der Waals surface area contributed by atoms with Crippen molar-refractivity contribution in [1.82, 2.24) is 5.32 Å². The molecule has 0 unspecified atom stereocenters. The van der Waals surface area contributed by atoms with E-state index in [1.165, 1.54) is 12.1 Å². The first kappa shape index (κ1) is 11.5. The van der Waals surface area contributed by atoms with Crippen molar-refractivity contribution in [3.63, 3.8) is 0 Å². The van der Waals surface area contributed by atoms with Crippen LogP contribution < -0.4 is 5.32 Å². The second-order valence-electron chi connectivity index (χ2n) is 4.36. The van der Waals surface area contributed by atoms with E-state index < -0.39 is 17.3 Å². The van der Waals surface area contributed by atoms with Crippen molar-refractivity contribution in [2.24, 2.45) is 0 Å². The van der Waals surface area contributed by atoms with Crippen LogP contribution in [-0.4, -0.2) is 18.8 Å². The Hall–Kier alpha value is -1.03. The average Bonchev–Trinajstić information content (AvgIpc) is 2.15. The zero-order chi connectivity index (χ0) is 11.6. The molecule has 88 valence electrons. The standard InChI is InChI=1S/C12H14F3N/c13-10-5-9(6-11(14)7-10)8-12(15)1-3-16-4-2-12/h5-7,16H,1-4,8H2. The van der Waals surface area contributed by atoms with Crippen LogP contribution in [0.5, 0.6) is 0 Å². The van der Waals surface area contributed by atoms with Gasteiger partial charge in [0.05, 0.1) is 0 Å². The van der Waals surface area contributed by atoms with Crippen LogP contribution in [0, 0.1) is 11.6 Å². The van der Waals surface area contributed by atoms with Crippen molar-refractivity contribution in [2.75, 3.05) is 13.1 Å². The molecule has 0 aromatic heterocycles. The summed E-state index contributed by atoms with van der Waals surface area (Å²) in [5.74, 6) is -1.29. The summed E-state index contributed by atoms with van der Waals surface area (Å²) >= 11 is 0. The van der Waals surface area contributed by atoms with Gasteiger partial charge in [-0.2, -0.15) is 0 Å². The zero-order valence-electron chi connectivity index (χ0n) is 8.90. The molecule has 1 saturated heterocycles. The van der Waals surface area contributed by atoms with E-state index in [2.05, 4.69) is 5.32 Å². The lowest BCUT2D eigenvalue weighted by Crippen LogP contribution is -2.40. The zero-order valence-corrected chi connectivity index (χ0v) is 8.90. The van der Waals surface area contributed by atoms with Crippen molar-refractivity contribution in [1.29, 1.82) is 0 Å². The normalized spacial score (nSPS) is 19.7. The summed E-state index contributed by atoms with van der Waals surface area (Å²) in [7, 11) is 0. The Balaban J connectivity index is 2.13. The maximum Gasteiger partial charge on any atom is 0.126 e. The first-order valence-corrected chi connectivity index (χ1v) is 5.42. The summed E-state index contributed by atoms with van der Waals surface area (Å²) in [5.41, 5.74) is -0.937. The van der Waals surface area contributed by atoms with E-state index in [0.717, 1.165) is 6.07 Å². The van der Waals surface area contributed by atoms with E-state index >= 15 is 0 Å². The molecule has 1 aliphatic heterocycles. The number of alkyl halides is 1. The van der Waals surface area contributed by atoms with Gasteiger partial charge >= 0.3 is 0 Å². The molecule has 1 nitrogen and oxygen atoms in total. The summed E-state index contributed by atoms with van der Waals surface area (Å²) in [6.07, 6.45) is 0.875. The minimum Gasteiger partial charge on any atom is -0.316 e. The highest BCUT2D eigenvalue weighted by Gasteiger charge is 2.31. The van der Waals surface area contributed by atoms with Crippen LogP contribution in [0.3, 0.4) is 0 Å². The fraction of sp³-hybridized carbons (Fsp3) is 0.500. The average molecular weight is 229 g/mol. The van der Waals surface area contributed by atoms with Gasteiger partial charge in [-0.15, -0.1) is 0 Å². The molecule has 1 N–H and O–H groups in total. The van der Waals surface area contributed by atoms with Crippen LogP contribution >= 0.6 is 0 Å². The summed E-state index contributed by atoms with van der Waals surface area (Å²) in [6, 6.07) is 3.20. The summed E-state index contributed by atoms with van der Waals surface area (Å²) in [4.78, 5) is 0. The Kier molecular flexibility index (Phi) is 3.19. The van der Waals surface area contributed by atoms with Gasteiger partial charge < -0.3 is 5.32 Å². The van der Waals surface area contributed by atoms with E-state index in [0.29, 0.717) is 31.5 Å². The van der Waals surface area contributed by atoms with Gasteiger partial charge in [0.2, 0.25) is 0 Å². The van der Waals surface area contributed by atoms with E-state index in [1.807, 2.05) is 0 Å². The van der Waals surface area contributed by atoms with Gasteiger partial charge in [0.15, 0.2) is 0 Å². The predicted octanol–water partition coefficient (Wildman–Crippen LogP) is 2.60. The largest absolute Gasteiger partial charge is 0.316 e. The van der Waals surface area contributed by atoms with Crippen LogP contribution in [0.1, 0.15) is 18.4 Å². The molecule has 1 aromatic carbocycles. The molecule has 0 radical (unpaired) electrons. The van der Waals surface area contributed by atoms with Crippen LogP contribution in [0.15, 0.2) is 18.2 Å². The second-order valence-corrected chi connectivity index (χ2v) is 4.36. The molecule has 1 fully saturated rings. The van der Waals surface area contributed by atoms with Crippen molar-refractivity contribution >= 4 is 0 Å². The van der Waals surface area contributed by atoms with Crippen LogP contribution in [0.4, 0.5) is 13.2 Å². The highest BCUT2D eigenvalue weighted by Crippen LogP contribution is 2.28. The number of piperidine rings is 1. The van der Waals surface area contributed by atoms with Crippen molar-refractivity contribution in [3.8, 4) is 0 Å². The van der Waals surface area contributed by atoms with Gasteiger partial charge in [0.25, 0.3) is 0 Å². The highest BCUT2D eigenvalue weighted by atomic mass is 19.1. The summed E-state index contributed by atoms with van der Waals surface area (Å²) in [6.45, 7) is 1.24. The SMILES string of the molecule is Fc1cc(F)cc(CC2(F)CCNCC2)c1. The monoisotopic (exact) mass is 229 g/mol.